The van der Waals surface area contributed by atoms with Gasteiger partial charge >= 0.3 is 0 Å². The van der Waals surface area contributed by atoms with Crippen LogP contribution in [0.1, 0.15) is 24.2 Å². The summed E-state index contributed by atoms with van der Waals surface area (Å²) in [5.41, 5.74) is -0.162. The van der Waals surface area contributed by atoms with Crippen molar-refractivity contribution in [1.82, 2.24) is 0 Å². The Morgan fingerprint density at radius 1 is 1.50 bits per heavy atom. The molecule has 1 aromatic rings. The molecule has 0 saturated heterocycles. The second-order valence-electron chi connectivity index (χ2n) is 3.06. The highest BCUT2D eigenvalue weighted by atomic mass is 35.5. The standard InChI is InChI=1S/C10H10ClFO2/c1-6(2)14-9-4-3-8(12)7(5-13)10(9)11/h3-6H,1-2H3. The maximum Gasteiger partial charge on any atom is 0.154 e. The first-order chi connectivity index (χ1) is 6.56. The third kappa shape index (κ3) is 2.23. The summed E-state index contributed by atoms with van der Waals surface area (Å²) in [5.74, 6) is -0.314. The third-order valence-electron chi connectivity index (χ3n) is 1.57. The highest BCUT2D eigenvalue weighted by molar-refractivity contribution is 6.34. The van der Waals surface area contributed by atoms with Crippen LogP contribution in [0, 0.1) is 5.82 Å². The van der Waals surface area contributed by atoms with Crippen LogP contribution in [0.2, 0.25) is 5.02 Å². The topological polar surface area (TPSA) is 26.3 Å². The number of halogens is 2. The molecule has 0 atom stereocenters. The Balaban J connectivity index is 3.14. The first-order valence-electron chi connectivity index (χ1n) is 4.16. The lowest BCUT2D eigenvalue weighted by Gasteiger charge is -2.12. The molecular weight excluding hydrogens is 207 g/mol. The molecule has 76 valence electrons. The van der Waals surface area contributed by atoms with Crippen LogP contribution in [-0.4, -0.2) is 12.4 Å². The summed E-state index contributed by atoms with van der Waals surface area (Å²) in [7, 11) is 0. The Hall–Kier alpha value is -1.09. The summed E-state index contributed by atoms with van der Waals surface area (Å²) in [6.07, 6.45) is 0.308. The quantitative estimate of drug-likeness (QED) is 0.726. The molecule has 0 radical (unpaired) electrons. The average molecular weight is 217 g/mol. The number of ether oxygens (including phenoxy) is 1. The first-order valence-corrected chi connectivity index (χ1v) is 4.54. The van der Waals surface area contributed by atoms with Gasteiger partial charge in [0.25, 0.3) is 0 Å². The zero-order valence-electron chi connectivity index (χ0n) is 7.88. The Labute approximate surface area is 86.6 Å². The Morgan fingerprint density at radius 3 is 2.64 bits per heavy atom. The van der Waals surface area contributed by atoms with Crippen LogP contribution in [0.15, 0.2) is 12.1 Å². The second-order valence-corrected chi connectivity index (χ2v) is 3.44. The molecule has 0 unspecified atom stereocenters. The van der Waals surface area contributed by atoms with E-state index in [0.717, 1.165) is 6.07 Å². The number of carbonyl (C=O) groups excluding carboxylic acids is 1. The highest BCUT2D eigenvalue weighted by Gasteiger charge is 2.12. The lowest BCUT2D eigenvalue weighted by atomic mass is 10.2. The van der Waals surface area contributed by atoms with Gasteiger partial charge in [0.2, 0.25) is 0 Å². The van der Waals surface area contributed by atoms with E-state index in [-0.39, 0.29) is 16.7 Å². The molecule has 4 heteroatoms. The molecule has 0 N–H and O–H groups in total. The molecule has 1 aromatic carbocycles. The van der Waals surface area contributed by atoms with Gasteiger partial charge in [0.05, 0.1) is 16.7 Å². The van der Waals surface area contributed by atoms with Crippen molar-refractivity contribution in [2.45, 2.75) is 20.0 Å². The predicted octanol–water partition coefficient (Wildman–Crippen LogP) is 3.08. The van der Waals surface area contributed by atoms with Gasteiger partial charge in [-0.2, -0.15) is 0 Å². The monoisotopic (exact) mass is 216 g/mol. The number of hydrogen-bond acceptors (Lipinski definition) is 2. The van der Waals surface area contributed by atoms with Gasteiger partial charge in [-0.25, -0.2) is 4.39 Å². The van der Waals surface area contributed by atoms with E-state index < -0.39 is 5.82 Å². The van der Waals surface area contributed by atoms with E-state index in [9.17, 15) is 9.18 Å². The van der Waals surface area contributed by atoms with Crippen LogP contribution in [0.3, 0.4) is 0 Å². The second kappa shape index (κ2) is 4.42. The van der Waals surface area contributed by atoms with Crippen molar-refractivity contribution >= 4 is 17.9 Å². The number of rotatable bonds is 3. The third-order valence-corrected chi connectivity index (χ3v) is 1.96. The lowest BCUT2D eigenvalue weighted by molar-refractivity contribution is 0.111. The SMILES string of the molecule is CC(C)Oc1ccc(F)c(C=O)c1Cl. The summed E-state index contributed by atoms with van der Waals surface area (Å²) in [5, 5.41) is 0.0219. The number of benzene rings is 1. The molecule has 0 heterocycles. The van der Waals surface area contributed by atoms with Crippen molar-refractivity contribution in [3.8, 4) is 5.75 Å². The molecule has 0 saturated carbocycles. The fourth-order valence-electron chi connectivity index (χ4n) is 1.00. The Morgan fingerprint density at radius 2 is 2.14 bits per heavy atom. The maximum absolute atomic E-state index is 13.0. The molecule has 2 nitrogen and oxygen atoms in total. The van der Waals surface area contributed by atoms with Crippen molar-refractivity contribution in [2.24, 2.45) is 0 Å². The van der Waals surface area contributed by atoms with E-state index in [1.54, 1.807) is 0 Å². The molecule has 0 amide bonds. The Bertz CT molecular complexity index is 350. The van der Waals surface area contributed by atoms with Crippen LogP contribution in [0.5, 0.6) is 5.75 Å². The van der Waals surface area contributed by atoms with E-state index in [1.165, 1.54) is 6.07 Å². The van der Waals surface area contributed by atoms with E-state index in [2.05, 4.69) is 0 Å². The van der Waals surface area contributed by atoms with Gasteiger partial charge in [0.1, 0.15) is 11.6 Å². The minimum atomic E-state index is -0.638. The van der Waals surface area contributed by atoms with Gasteiger partial charge in [-0.1, -0.05) is 11.6 Å². The summed E-state index contributed by atoms with van der Waals surface area (Å²) in [6.45, 7) is 3.64. The van der Waals surface area contributed by atoms with Crippen molar-refractivity contribution in [3.05, 3.63) is 28.5 Å². The zero-order chi connectivity index (χ0) is 10.7. The summed E-state index contributed by atoms with van der Waals surface area (Å²) in [6, 6.07) is 2.57. The number of aldehydes is 1. The first kappa shape index (κ1) is 11.0. The van der Waals surface area contributed by atoms with Gasteiger partial charge < -0.3 is 4.74 Å². The van der Waals surface area contributed by atoms with Gasteiger partial charge in [0, 0.05) is 0 Å². The normalized spacial score (nSPS) is 10.4. The van der Waals surface area contributed by atoms with E-state index in [1.807, 2.05) is 13.8 Å². The Kier molecular flexibility index (Phi) is 3.47. The van der Waals surface area contributed by atoms with Crippen LogP contribution in [0.4, 0.5) is 4.39 Å². The molecule has 0 spiro atoms. The van der Waals surface area contributed by atoms with Gasteiger partial charge in [-0.3, -0.25) is 4.79 Å². The molecule has 0 aliphatic carbocycles. The summed E-state index contributed by atoms with van der Waals surface area (Å²) < 4.78 is 18.3. The predicted molar refractivity (Wildman–Crippen MR) is 52.6 cm³/mol. The van der Waals surface area contributed by atoms with Gasteiger partial charge in [-0.15, -0.1) is 0 Å². The fraction of sp³-hybridized carbons (Fsp3) is 0.300. The van der Waals surface area contributed by atoms with Crippen LogP contribution in [-0.2, 0) is 0 Å². The van der Waals surface area contributed by atoms with E-state index >= 15 is 0 Å². The van der Waals surface area contributed by atoms with Crippen molar-refractivity contribution in [3.63, 3.8) is 0 Å². The minimum Gasteiger partial charge on any atom is -0.489 e. The van der Waals surface area contributed by atoms with E-state index in [4.69, 9.17) is 16.3 Å². The number of carbonyl (C=O) groups is 1. The molecular formula is C10H10ClFO2. The van der Waals surface area contributed by atoms with Crippen LogP contribution >= 0.6 is 11.6 Å². The fourth-order valence-corrected chi connectivity index (χ4v) is 1.24. The minimum absolute atomic E-state index is 0.0219. The lowest BCUT2D eigenvalue weighted by Crippen LogP contribution is -2.07. The molecule has 0 bridgehead atoms. The summed E-state index contributed by atoms with van der Waals surface area (Å²) in [4.78, 5) is 10.5. The number of hydrogen-bond donors (Lipinski definition) is 0. The van der Waals surface area contributed by atoms with Gasteiger partial charge in [0.15, 0.2) is 6.29 Å². The van der Waals surface area contributed by atoms with Crippen molar-refractivity contribution < 1.29 is 13.9 Å². The molecule has 0 aliphatic heterocycles. The smallest absolute Gasteiger partial charge is 0.154 e. The van der Waals surface area contributed by atoms with E-state index in [0.29, 0.717) is 12.0 Å². The van der Waals surface area contributed by atoms with Crippen LogP contribution in [0.25, 0.3) is 0 Å². The molecule has 0 aromatic heterocycles. The molecule has 14 heavy (non-hydrogen) atoms. The zero-order valence-corrected chi connectivity index (χ0v) is 8.64. The maximum atomic E-state index is 13.0. The van der Waals surface area contributed by atoms with Gasteiger partial charge in [-0.05, 0) is 26.0 Å². The van der Waals surface area contributed by atoms with Crippen LogP contribution < -0.4 is 4.74 Å². The molecule has 0 aliphatic rings. The van der Waals surface area contributed by atoms with Crippen molar-refractivity contribution in [2.75, 3.05) is 0 Å². The largest absolute Gasteiger partial charge is 0.489 e. The van der Waals surface area contributed by atoms with Crippen molar-refractivity contribution in [1.29, 1.82) is 0 Å². The highest BCUT2D eigenvalue weighted by Crippen LogP contribution is 2.29. The summed E-state index contributed by atoms with van der Waals surface area (Å²) >= 11 is 5.76. The molecule has 1 rings (SSSR count). The average Bonchev–Trinajstić information content (AvgIpc) is 2.10. The molecule has 0 fully saturated rings.